The van der Waals surface area contributed by atoms with Crippen LogP contribution in [0, 0.1) is 0 Å². The molecule has 4 heteroatoms. The van der Waals surface area contributed by atoms with Crippen molar-refractivity contribution < 1.29 is 14.6 Å². The van der Waals surface area contributed by atoms with Crippen LogP contribution in [-0.4, -0.2) is 41.7 Å². The summed E-state index contributed by atoms with van der Waals surface area (Å²) in [5.41, 5.74) is 1.89. The lowest BCUT2D eigenvalue weighted by Crippen LogP contribution is -2.50. The van der Waals surface area contributed by atoms with Gasteiger partial charge in [0.1, 0.15) is 0 Å². The fourth-order valence-electron chi connectivity index (χ4n) is 3.34. The minimum absolute atomic E-state index is 0.0970. The first-order valence-electron chi connectivity index (χ1n) is 8.83. The van der Waals surface area contributed by atoms with Gasteiger partial charge in [0.2, 0.25) is 5.91 Å². The van der Waals surface area contributed by atoms with Crippen LogP contribution in [0.5, 0.6) is 0 Å². The van der Waals surface area contributed by atoms with Crippen LogP contribution < -0.4 is 0 Å². The van der Waals surface area contributed by atoms with Gasteiger partial charge in [0, 0.05) is 13.0 Å². The Bertz CT molecular complexity index is 674. The van der Waals surface area contributed by atoms with E-state index in [1.807, 2.05) is 72.5 Å². The van der Waals surface area contributed by atoms with Crippen LogP contribution >= 0.6 is 0 Å². The van der Waals surface area contributed by atoms with Gasteiger partial charge in [0.25, 0.3) is 0 Å². The monoisotopic (exact) mass is 339 g/mol. The topological polar surface area (TPSA) is 49.8 Å². The Kier molecular flexibility index (Phi) is 5.84. The van der Waals surface area contributed by atoms with Crippen molar-refractivity contribution in [3.8, 4) is 0 Å². The molecule has 0 spiro atoms. The highest BCUT2D eigenvalue weighted by atomic mass is 16.5. The zero-order valence-corrected chi connectivity index (χ0v) is 14.5. The van der Waals surface area contributed by atoms with Crippen molar-refractivity contribution >= 4 is 5.91 Å². The number of carbonyl (C=O) groups excluding carboxylic acids is 1. The first-order chi connectivity index (χ1) is 12.2. The number of aliphatic hydroxyl groups excluding tert-OH is 1. The summed E-state index contributed by atoms with van der Waals surface area (Å²) in [5.74, 6) is -0.101. The lowest BCUT2D eigenvalue weighted by Gasteiger charge is -2.38. The van der Waals surface area contributed by atoms with Crippen LogP contribution in [0.25, 0.3) is 0 Å². The number of hydrogen-bond acceptors (Lipinski definition) is 3. The largest absolute Gasteiger partial charge is 0.388 e. The molecule has 1 heterocycles. The third-order valence-electron chi connectivity index (χ3n) is 4.86. The minimum Gasteiger partial charge on any atom is -0.388 e. The summed E-state index contributed by atoms with van der Waals surface area (Å²) in [6.07, 6.45) is -0.118. The summed E-state index contributed by atoms with van der Waals surface area (Å²) in [5, 5.41) is 10.5. The van der Waals surface area contributed by atoms with Gasteiger partial charge in [-0.05, 0) is 18.1 Å². The molecule has 2 aromatic carbocycles. The van der Waals surface area contributed by atoms with E-state index in [-0.39, 0.29) is 17.9 Å². The zero-order chi connectivity index (χ0) is 17.6. The molecule has 1 fully saturated rings. The zero-order valence-electron chi connectivity index (χ0n) is 14.5. The Balaban J connectivity index is 1.71. The van der Waals surface area contributed by atoms with E-state index in [9.17, 15) is 9.90 Å². The second-order valence-electron chi connectivity index (χ2n) is 6.55. The van der Waals surface area contributed by atoms with Crippen LogP contribution in [0.15, 0.2) is 60.7 Å². The smallest absolute Gasteiger partial charge is 0.230 e. The lowest BCUT2D eigenvalue weighted by molar-refractivity contribution is -0.142. The van der Waals surface area contributed by atoms with Gasteiger partial charge in [-0.15, -0.1) is 0 Å². The molecular formula is C21H25NO3. The standard InChI is InChI=1S/C21H25NO3/c1-16(17-8-4-2-5-9-17)21(24)22-12-13-25-15-19(22)14-20(23)18-10-6-3-7-11-18/h2-11,16,19-20,23H,12-15H2,1H3/t16-,19+,20-/m1/s1. The summed E-state index contributed by atoms with van der Waals surface area (Å²) in [7, 11) is 0. The quantitative estimate of drug-likeness (QED) is 0.910. The van der Waals surface area contributed by atoms with Gasteiger partial charge in [-0.25, -0.2) is 0 Å². The number of amides is 1. The van der Waals surface area contributed by atoms with Gasteiger partial charge < -0.3 is 14.7 Å². The van der Waals surface area contributed by atoms with E-state index in [1.165, 1.54) is 0 Å². The van der Waals surface area contributed by atoms with Crippen molar-refractivity contribution in [1.82, 2.24) is 4.90 Å². The molecule has 4 nitrogen and oxygen atoms in total. The van der Waals surface area contributed by atoms with Crippen molar-refractivity contribution in [3.05, 3.63) is 71.8 Å². The normalized spacial score (nSPS) is 20.1. The number of rotatable bonds is 5. The van der Waals surface area contributed by atoms with Crippen LogP contribution in [0.2, 0.25) is 0 Å². The van der Waals surface area contributed by atoms with Gasteiger partial charge in [-0.3, -0.25) is 4.79 Å². The average molecular weight is 339 g/mol. The Morgan fingerprint density at radius 1 is 1.12 bits per heavy atom. The van der Waals surface area contributed by atoms with Gasteiger partial charge in [0.15, 0.2) is 0 Å². The Labute approximate surface area is 149 Å². The Morgan fingerprint density at radius 3 is 2.36 bits per heavy atom. The number of nitrogens with zero attached hydrogens (tertiary/aromatic N) is 1. The van der Waals surface area contributed by atoms with Crippen molar-refractivity contribution in [2.45, 2.75) is 31.4 Å². The van der Waals surface area contributed by atoms with E-state index in [0.717, 1.165) is 11.1 Å². The predicted molar refractivity (Wildman–Crippen MR) is 97.2 cm³/mol. The predicted octanol–water partition coefficient (Wildman–Crippen LogP) is 3.14. The molecule has 3 rings (SSSR count). The number of ether oxygens (including phenoxy) is 1. The first-order valence-corrected chi connectivity index (χ1v) is 8.83. The number of aliphatic hydroxyl groups is 1. The fraction of sp³-hybridized carbons (Fsp3) is 0.381. The van der Waals surface area contributed by atoms with Crippen molar-refractivity contribution in [1.29, 1.82) is 0 Å². The minimum atomic E-state index is -0.602. The van der Waals surface area contributed by atoms with E-state index < -0.39 is 6.10 Å². The van der Waals surface area contributed by atoms with E-state index in [2.05, 4.69) is 0 Å². The van der Waals surface area contributed by atoms with Gasteiger partial charge in [-0.2, -0.15) is 0 Å². The van der Waals surface area contributed by atoms with Crippen LogP contribution in [0.1, 0.15) is 36.5 Å². The second kappa shape index (κ2) is 8.28. The van der Waals surface area contributed by atoms with Crippen molar-refractivity contribution in [3.63, 3.8) is 0 Å². The number of carbonyl (C=O) groups is 1. The maximum atomic E-state index is 13.0. The molecule has 0 aliphatic carbocycles. The summed E-state index contributed by atoms with van der Waals surface area (Å²) >= 11 is 0. The summed E-state index contributed by atoms with van der Waals surface area (Å²) in [4.78, 5) is 14.9. The summed E-state index contributed by atoms with van der Waals surface area (Å²) < 4.78 is 5.58. The van der Waals surface area contributed by atoms with Crippen molar-refractivity contribution in [2.75, 3.05) is 19.8 Å². The molecule has 0 unspecified atom stereocenters. The van der Waals surface area contributed by atoms with Crippen LogP contribution in [-0.2, 0) is 9.53 Å². The third kappa shape index (κ3) is 4.27. The van der Waals surface area contributed by atoms with Crippen molar-refractivity contribution in [2.24, 2.45) is 0 Å². The highest BCUT2D eigenvalue weighted by molar-refractivity contribution is 5.83. The molecule has 0 aromatic heterocycles. The highest BCUT2D eigenvalue weighted by Gasteiger charge is 2.32. The van der Waals surface area contributed by atoms with Crippen LogP contribution in [0.3, 0.4) is 0 Å². The summed E-state index contributed by atoms with van der Waals surface area (Å²) in [6, 6.07) is 19.3. The Hall–Kier alpha value is -2.17. The molecule has 1 N–H and O–H groups in total. The number of hydrogen-bond donors (Lipinski definition) is 1. The molecule has 132 valence electrons. The number of morpholine rings is 1. The lowest BCUT2D eigenvalue weighted by atomic mass is 9.96. The molecule has 0 radical (unpaired) electrons. The maximum absolute atomic E-state index is 13.0. The highest BCUT2D eigenvalue weighted by Crippen LogP contribution is 2.26. The van der Waals surface area contributed by atoms with Crippen LogP contribution in [0.4, 0.5) is 0 Å². The molecule has 0 bridgehead atoms. The van der Waals surface area contributed by atoms with Gasteiger partial charge in [0.05, 0.1) is 31.3 Å². The second-order valence-corrected chi connectivity index (χ2v) is 6.55. The molecule has 3 atom stereocenters. The van der Waals surface area contributed by atoms with E-state index >= 15 is 0 Å². The molecule has 25 heavy (non-hydrogen) atoms. The van der Waals surface area contributed by atoms with E-state index in [0.29, 0.717) is 26.2 Å². The van der Waals surface area contributed by atoms with Gasteiger partial charge in [-0.1, -0.05) is 60.7 Å². The molecule has 1 saturated heterocycles. The Morgan fingerprint density at radius 2 is 1.72 bits per heavy atom. The molecule has 1 aliphatic heterocycles. The molecule has 0 saturated carbocycles. The molecular weight excluding hydrogens is 314 g/mol. The number of benzene rings is 2. The maximum Gasteiger partial charge on any atom is 0.230 e. The van der Waals surface area contributed by atoms with E-state index in [1.54, 1.807) is 0 Å². The molecule has 1 aliphatic rings. The summed E-state index contributed by atoms with van der Waals surface area (Å²) in [6.45, 7) is 3.53. The third-order valence-corrected chi connectivity index (χ3v) is 4.86. The SMILES string of the molecule is C[C@@H](C(=O)N1CCOC[C@@H]1C[C@@H](O)c1ccccc1)c1ccccc1. The fourth-order valence-corrected chi connectivity index (χ4v) is 3.34. The first kappa shape index (κ1) is 17.6. The van der Waals surface area contributed by atoms with Gasteiger partial charge >= 0.3 is 0 Å². The van der Waals surface area contributed by atoms with E-state index in [4.69, 9.17) is 4.74 Å². The molecule has 1 amide bonds. The average Bonchev–Trinajstić information content (AvgIpc) is 2.68. The molecule has 2 aromatic rings.